The van der Waals surface area contributed by atoms with Crippen LogP contribution in [0.1, 0.15) is 24.2 Å². The highest BCUT2D eigenvalue weighted by Gasteiger charge is 2.23. The lowest BCUT2D eigenvalue weighted by Gasteiger charge is -2.12. The molecule has 6 nitrogen and oxygen atoms in total. The number of hydrogen-bond acceptors (Lipinski definition) is 5. The summed E-state index contributed by atoms with van der Waals surface area (Å²) < 4.78 is 4.86. The number of aromatic hydroxyl groups is 2. The van der Waals surface area contributed by atoms with Gasteiger partial charge in [-0.15, -0.1) is 0 Å². The van der Waals surface area contributed by atoms with Crippen LogP contribution in [0.3, 0.4) is 0 Å². The van der Waals surface area contributed by atoms with Crippen LogP contribution in [0.4, 0.5) is 0 Å². The van der Waals surface area contributed by atoms with E-state index in [1.165, 1.54) is 0 Å². The molecule has 2 aromatic rings. The molecule has 1 amide bonds. The normalized spacial score (nSPS) is 11.0. The minimum Gasteiger partial charge on any atom is -0.508 e. The van der Waals surface area contributed by atoms with E-state index in [0.717, 1.165) is 12.1 Å². The number of carbonyl (C=O) groups is 1. The highest BCUT2D eigenvalue weighted by Crippen LogP contribution is 2.34. The first kappa shape index (κ1) is 14.2. The summed E-state index contributed by atoms with van der Waals surface area (Å²) in [6.07, 6.45) is 0. The molecule has 2 rings (SSSR count). The number of benzene rings is 1. The molecule has 0 radical (unpaired) electrons. The zero-order valence-corrected chi connectivity index (χ0v) is 11.5. The molecule has 20 heavy (non-hydrogen) atoms. The predicted octanol–water partition coefficient (Wildman–Crippen LogP) is 2.00. The number of carbonyl (C=O) groups excluding carboxylic acids is 1. The van der Waals surface area contributed by atoms with Gasteiger partial charge in [-0.05, 0) is 13.8 Å². The monoisotopic (exact) mass is 297 g/mol. The molecule has 3 N–H and O–H groups in total. The third kappa shape index (κ3) is 2.42. The second-order valence-corrected chi connectivity index (χ2v) is 4.92. The van der Waals surface area contributed by atoms with E-state index >= 15 is 0 Å². The summed E-state index contributed by atoms with van der Waals surface area (Å²) >= 11 is 5.82. The molecule has 0 aliphatic rings. The van der Waals surface area contributed by atoms with Crippen LogP contribution in [0.15, 0.2) is 21.3 Å². The third-order valence-electron chi connectivity index (χ3n) is 2.56. The van der Waals surface area contributed by atoms with Gasteiger partial charge in [0.15, 0.2) is 0 Å². The molecule has 1 heterocycles. The molecule has 0 aliphatic heterocycles. The lowest BCUT2D eigenvalue weighted by Crippen LogP contribution is -2.31. The molecule has 0 spiro atoms. The number of nitrogens with one attached hydrogen (secondary N) is 1. The van der Waals surface area contributed by atoms with Gasteiger partial charge in [-0.2, -0.15) is 0 Å². The molecule has 1 aromatic heterocycles. The van der Waals surface area contributed by atoms with Gasteiger partial charge in [0.1, 0.15) is 22.1 Å². The molecular weight excluding hydrogens is 286 g/mol. The number of hydrogen-bond donors (Lipinski definition) is 3. The van der Waals surface area contributed by atoms with Gasteiger partial charge in [-0.25, -0.2) is 4.79 Å². The minimum absolute atomic E-state index is 0.0226. The Morgan fingerprint density at radius 2 is 2.00 bits per heavy atom. The number of halogens is 1. The third-order valence-corrected chi connectivity index (χ3v) is 2.91. The van der Waals surface area contributed by atoms with E-state index in [2.05, 4.69) is 5.32 Å². The quantitative estimate of drug-likeness (QED) is 0.736. The van der Waals surface area contributed by atoms with Crippen molar-refractivity contribution in [2.45, 2.75) is 19.9 Å². The summed E-state index contributed by atoms with van der Waals surface area (Å²) in [5.41, 5.74) is -1.21. The Balaban J connectivity index is 2.84. The molecule has 0 aliphatic carbocycles. The van der Waals surface area contributed by atoms with Gasteiger partial charge in [0.05, 0.1) is 10.9 Å². The van der Waals surface area contributed by atoms with E-state index in [-0.39, 0.29) is 28.3 Å². The minimum atomic E-state index is -0.918. The predicted molar refractivity (Wildman–Crippen MR) is 73.4 cm³/mol. The lowest BCUT2D eigenvalue weighted by atomic mass is 10.1. The second kappa shape index (κ2) is 5.05. The summed E-state index contributed by atoms with van der Waals surface area (Å²) in [4.78, 5) is 23.8. The SMILES string of the molecule is CC(C)NC(=O)c1c(Cl)c(=O)oc2cc(O)cc(O)c12. The number of phenolic OH excluding ortho intramolecular Hbond substituents is 2. The van der Waals surface area contributed by atoms with Gasteiger partial charge >= 0.3 is 5.63 Å². The fraction of sp³-hybridized carbons (Fsp3) is 0.231. The lowest BCUT2D eigenvalue weighted by molar-refractivity contribution is 0.0944. The standard InChI is InChI=1S/C13H12ClNO5/c1-5(2)15-12(18)10-9-7(17)3-6(16)4-8(9)20-13(19)11(10)14/h3-5,16-17H,1-2H3,(H,15,18). The van der Waals surface area contributed by atoms with Crippen LogP contribution in [-0.2, 0) is 0 Å². The average Bonchev–Trinajstić information content (AvgIpc) is 2.30. The van der Waals surface area contributed by atoms with Crippen molar-refractivity contribution in [1.29, 1.82) is 0 Å². The van der Waals surface area contributed by atoms with Crippen LogP contribution in [-0.4, -0.2) is 22.2 Å². The van der Waals surface area contributed by atoms with Crippen LogP contribution in [0.25, 0.3) is 11.0 Å². The van der Waals surface area contributed by atoms with E-state index in [9.17, 15) is 19.8 Å². The first-order valence-electron chi connectivity index (χ1n) is 5.80. The van der Waals surface area contributed by atoms with Crippen molar-refractivity contribution in [2.75, 3.05) is 0 Å². The first-order chi connectivity index (χ1) is 9.31. The van der Waals surface area contributed by atoms with Crippen molar-refractivity contribution in [3.05, 3.63) is 33.1 Å². The smallest absolute Gasteiger partial charge is 0.356 e. The molecule has 7 heteroatoms. The summed E-state index contributed by atoms with van der Waals surface area (Å²) in [5.74, 6) is -1.31. The van der Waals surface area contributed by atoms with Crippen LogP contribution < -0.4 is 10.9 Å². The molecular formula is C13H12ClNO5. The van der Waals surface area contributed by atoms with Crippen LogP contribution in [0.2, 0.25) is 5.02 Å². The van der Waals surface area contributed by atoms with Gasteiger partial charge in [0, 0.05) is 18.2 Å². The average molecular weight is 298 g/mol. The number of rotatable bonds is 2. The van der Waals surface area contributed by atoms with Crippen molar-refractivity contribution < 1.29 is 19.4 Å². The molecule has 106 valence electrons. The van der Waals surface area contributed by atoms with Crippen molar-refractivity contribution in [2.24, 2.45) is 0 Å². The Labute approximate surface area is 118 Å². The van der Waals surface area contributed by atoms with Crippen molar-refractivity contribution in [3.8, 4) is 11.5 Å². The van der Waals surface area contributed by atoms with Crippen molar-refractivity contribution >= 4 is 28.5 Å². The van der Waals surface area contributed by atoms with E-state index in [0.29, 0.717) is 0 Å². The summed E-state index contributed by atoms with van der Waals surface area (Å²) in [5, 5.41) is 21.4. The highest BCUT2D eigenvalue weighted by molar-refractivity contribution is 6.35. The van der Waals surface area contributed by atoms with Gasteiger partial charge in [0.25, 0.3) is 5.91 Å². The highest BCUT2D eigenvalue weighted by atomic mass is 35.5. The Morgan fingerprint density at radius 3 is 2.60 bits per heavy atom. The molecule has 1 aromatic carbocycles. The van der Waals surface area contributed by atoms with E-state index < -0.39 is 22.3 Å². The van der Waals surface area contributed by atoms with Gasteiger partial charge in [-0.1, -0.05) is 11.6 Å². The van der Waals surface area contributed by atoms with Gasteiger partial charge in [0.2, 0.25) is 0 Å². The zero-order valence-electron chi connectivity index (χ0n) is 10.7. The molecule has 0 fully saturated rings. The van der Waals surface area contributed by atoms with Crippen molar-refractivity contribution in [3.63, 3.8) is 0 Å². The maximum absolute atomic E-state index is 12.1. The summed E-state index contributed by atoms with van der Waals surface area (Å²) in [7, 11) is 0. The van der Waals surface area contributed by atoms with Crippen LogP contribution in [0, 0.1) is 0 Å². The molecule has 0 atom stereocenters. The molecule has 0 saturated carbocycles. The van der Waals surface area contributed by atoms with Gasteiger partial charge in [-0.3, -0.25) is 4.79 Å². The fourth-order valence-electron chi connectivity index (χ4n) is 1.82. The van der Waals surface area contributed by atoms with Crippen molar-refractivity contribution in [1.82, 2.24) is 5.32 Å². The van der Waals surface area contributed by atoms with E-state index in [1.54, 1.807) is 13.8 Å². The topological polar surface area (TPSA) is 99.8 Å². The Morgan fingerprint density at radius 1 is 1.35 bits per heavy atom. The number of fused-ring (bicyclic) bond motifs is 1. The number of phenols is 2. The Bertz CT molecular complexity index is 750. The maximum atomic E-state index is 12.1. The van der Waals surface area contributed by atoms with E-state index in [4.69, 9.17) is 16.0 Å². The molecule has 0 bridgehead atoms. The maximum Gasteiger partial charge on any atom is 0.356 e. The summed E-state index contributed by atoms with van der Waals surface area (Å²) in [6, 6.07) is 1.98. The van der Waals surface area contributed by atoms with Crippen LogP contribution >= 0.6 is 11.6 Å². The molecule has 0 saturated heterocycles. The molecule has 0 unspecified atom stereocenters. The van der Waals surface area contributed by atoms with Crippen LogP contribution in [0.5, 0.6) is 11.5 Å². The Hall–Kier alpha value is -2.21. The summed E-state index contributed by atoms with van der Waals surface area (Å²) in [6.45, 7) is 3.48. The zero-order chi connectivity index (χ0) is 15.0. The number of amides is 1. The Kier molecular flexibility index (Phi) is 3.59. The first-order valence-corrected chi connectivity index (χ1v) is 6.18. The van der Waals surface area contributed by atoms with E-state index in [1.807, 2.05) is 0 Å². The largest absolute Gasteiger partial charge is 0.508 e. The second-order valence-electron chi connectivity index (χ2n) is 4.54. The fourth-order valence-corrected chi connectivity index (χ4v) is 2.04. The van der Waals surface area contributed by atoms with Gasteiger partial charge < -0.3 is 19.9 Å².